The highest BCUT2D eigenvalue weighted by Crippen LogP contribution is 2.34. The van der Waals surface area contributed by atoms with Gasteiger partial charge in [-0.3, -0.25) is 4.90 Å². The molecule has 1 saturated heterocycles. The van der Waals surface area contributed by atoms with Gasteiger partial charge in [0.1, 0.15) is 5.75 Å². The normalized spacial score (nSPS) is 19.2. The lowest BCUT2D eigenvalue weighted by Crippen LogP contribution is -2.33. The summed E-state index contributed by atoms with van der Waals surface area (Å²) < 4.78 is 6.09. The maximum absolute atomic E-state index is 11.0. The molecule has 3 atom stereocenters. The van der Waals surface area contributed by atoms with Gasteiger partial charge in [0, 0.05) is 24.7 Å². The number of aliphatic hydroxyl groups is 2. The van der Waals surface area contributed by atoms with E-state index >= 15 is 0 Å². The number of benzene rings is 3. The van der Waals surface area contributed by atoms with E-state index in [2.05, 4.69) is 17.0 Å². The number of halogens is 1. The second kappa shape index (κ2) is 11.1. The minimum atomic E-state index is -0.786. The summed E-state index contributed by atoms with van der Waals surface area (Å²) in [6.07, 6.45) is 0.170. The van der Waals surface area contributed by atoms with Crippen molar-refractivity contribution in [1.29, 1.82) is 0 Å². The highest BCUT2D eigenvalue weighted by atomic mass is 35.5. The standard InChI is InChI=1S/C27H30ClNO4/c28-23-8-6-21(7-9-23)27-12-20(18-33-27)15-29(14-19-4-2-1-3-5-19)16-26(32)25-11-10-24(31)13-22(25)17-30/h1-11,13,20,26-27,30-32H,12,14-18H2. The molecule has 6 heteroatoms. The van der Waals surface area contributed by atoms with Crippen molar-refractivity contribution >= 4 is 11.6 Å². The summed E-state index contributed by atoms with van der Waals surface area (Å²) in [5, 5.41) is 31.2. The lowest BCUT2D eigenvalue weighted by Gasteiger charge is -2.28. The smallest absolute Gasteiger partial charge is 0.115 e. The zero-order valence-corrected chi connectivity index (χ0v) is 19.2. The summed E-state index contributed by atoms with van der Waals surface area (Å²) in [6, 6.07) is 22.7. The Labute approximate surface area is 199 Å². The van der Waals surface area contributed by atoms with Crippen LogP contribution in [-0.2, 0) is 17.9 Å². The molecule has 1 fully saturated rings. The van der Waals surface area contributed by atoms with E-state index in [1.807, 2.05) is 42.5 Å². The molecule has 0 aromatic heterocycles. The van der Waals surface area contributed by atoms with Gasteiger partial charge in [-0.1, -0.05) is 60.1 Å². The van der Waals surface area contributed by atoms with Crippen molar-refractivity contribution in [3.05, 3.63) is 100 Å². The van der Waals surface area contributed by atoms with E-state index in [0.29, 0.717) is 41.8 Å². The number of phenolic OH excluding ortho intramolecular Hbond substituents is 1. The molecule has 4 rings (SSSR count). The summed E-state index contributed by atoms with van der Waals surface area (Å²) in [5.41, 5.74) is 3.48. The highest BCUT2D eigenvalue weighted by Gasteiger charge is 2.29. The third-order valence-electron chi connectivity index (χ3n) is 6.17. The molecule has 3 aromatic rings. The molecule has 0 bridgehead atoms. The van der Waals surface area contributed by atoms with Crippen molar-refractivity contribution < 1.29 is 20.1 Å². The Balaban J connectivity index is 1.46. The molecule has 33 heavy (non-hydrogen) atoms. The van der Waals surface area contributed by atoms with Crippen LogP contribution in [0.4, 0.5) is 0 Å². The second-order valence-electron chi connectivity index (χ2n) is 8.71. The number of ether oxygens (including phenoxy) is 1. The Hall–Kier alpha value is -2.41. The van der Waals surface area contributed by atoms with Crippen LogP contribution in [0.25, 0.3) is 0 Å². The van der Waals surface area contributed by atoms with Gasteiger partial charge in [0.05, 0.1) is 25.4 Å². The van der Waals surface area contributed by atoms with Crippen LogP contribution >= 0.6 is 11.6 Å². The quantitative estimate of drug-likeness (QED) is 0.419. The van der Waals surface area contributed by atoms with Gasteiger partial charge in [-0.05, 0) is 58.9 Å². The van der Waals surface area contributed by atoms with Crippen molar-refractivity contribution in [2.75, 3.05) is 19.7 Å². The van der Waals surface area contributed by atoms with Crippen molar-refractivity contribution in [3.8, 4) is 5.75 Å². The highest BCUT2D eigenvalue weighted by molar-refractivity contribution is 6.30. The Bertz CT molecular complexity index is 1030. The summed E-state index contributed by atoms with van der Waals surface area (Å²) in [7, 11) is 0. The van der Waals surface area contributed by atoms with Gasteiger partial charge in [-0.25, -0.2) is 0 Å². The number of hydrogen-bond acceptors (Lipinski definition) is 5. The molecule has 1 heterocycles. The molecule has 0 saturated carbocycles. The molecule has 3 unspecified atom stereocenters. The largest absolute Gasteiger partial charge is 0.508 e. The topological polar surface area (TPSA) is 73.2 Å². The average Bonchev–Trinajstić information content (AvgIpc) is 3.28. The summed E-state index contributed by atoms with van der Waals surface area (Å²) in [5.74, 6) is 0.409. The summed E-state index contributed by atoms with van der Waals surface area (Å²) in [4.78, 5) is 2.24. The molecule has 174 valence electrons. The Morgan fingerprint density at radius 3 is 2.52 bits per heavy atom. The molecule has 5 nitrogen and oxygen atoms in total. The molecule has 0 radical (unpaired) electrons. The summed E-state index contributed by atoms with van der Waals surface area (Å²) in [6.45, 7) is 2.32. The Morgan fingerprint density at radius 1 is 1.03 bits per heavy atom. The fourth-order valence-electron chi connectivity index (χ4n) is 4.54. The summed E-state index contributed by atoms with van der Waals surface area (Å²) >= 11 is 6.02. The second-order valence-corrected chi connectivity index (χ2v) is 9.15. The van der Waals surface area contributed by atoms with Crippen molar-refractivity contribution in [2.45, 2.75) is 31.8 Å². The Kier molecular flexibility index (Phi) is 8.02. The van der Waals surface area contributed by atoms with E-state index in [0.717, 1.165) is 18.5 Å². The maximum atomic E-state index is 11.0. The first-order chi connectivity index (χ1) is 16.0. The van der Waals surface area contributed by atoms with Crippen LogP contribution in [0.3, 0.4) is 0 Å². The van der Waals surface area contributed by atoms with Crippen LogP contribution in [0.15, 0.2) is 72.8 Å². The van der Waals surface area contributed by atoms with Gasteiger partial charge in [0.15, 0.2) is 0 Å². The molecule has 1 aliphatic heterocycles. The lowest BCUT2D eigenvalue weighted by molar-refractivity contribution is 0.0853. The zero-order valence-electron chi connectivity index (χ0n) is 18.5. The van der Waals surface area contributed by atoms with Crippen LogP contribution in [0.1, 0.15) is 40.9 Å². The first-order valence-electron chi connectivity index (χ1n) is 11.3. The molecule has 3 N–H and O–H groups in total. The number of nitrogens with zero attached hydrogens (tertiary/aromatic N) is 1. The van der Waals surface area contributed by atoms with Gasteiger partial charge in [-0.15, -0.1) is 0 Å². The van der Waals surface area contributed by atoms with Crippen molar-refractivity contribution in [1.82, 2.24) is 4.90 Å². The van der Waals surface area contributed by atoms with Crippen LogP contribution in [0.5, 0.6) is 5.75 Å². The number of aliphatic hydroxyl groups excluding tert-OH is 2. The third-order valence-corrected chi connectivity index (χ3v) is 6.43. The zero-order chi connectivity index (χ0) is 23.2. The van der Waals surface area contributed by atoms with E-state index in [1.165, 1.54) is 11.6 Å². The van der Waals surface area contributed by atoms with Crippen molar-refractivity contribution in [2.24, 2.45) is 5.92 Å². The number of hydrogen-bond donors (Lipinski definition) is 3. The van der Waals surface area contributed by atoms with E-state index in [-0.39, 0.29) is 18.5 Å². The number of rotatable bonds is 9. The molecule has 0 amide bonds. The lowest BCUT2D eigenvalue weighted by atomic mass is 9.98. The molecule has 1 aliphatic rings. The third kappa shape index (κ3) is 6.34. The molecular formula is C27H30ClNO4. The van der Waals surface area contributed by atoms with Gasteiger partial charge in [-0.2, -0.15) is 0 Å². The van der Waals surface area contributed by atoms with E-state index in [4.69, 9.17) is 16.3 Å². The van der Waals surface area contributed by atoms with Crippen LogP contribution in [0, 0.1) is 5.92 Å². The van der Waals surface area contributed by atoms with Gasteiger partial charge in [0.25, 0.3) is 0 Å². The number of aromatic hydroxyl groups is 1. The average molecular weight is 468 g/mol. The Morgan fingerprint density at radius 2 is 1.79 bits per heavy atom. The molecule has 0 aliphatic carbocycles. The van der Waals surface area contributed by atoms with Crippen LogP contribution in [-0.4, -0.2) is 39.9 Å². The molecular weight excluding hydrogens is 438 g/mol. The minimum Gasteiger partial charge on any atom is -0.508 e. The molecule has 3 aromatic carbocycles. The monoisotopic (exact) mass is 467 g/mol. The number of phenols is 1. The van der Waals surface area contributed by atoms with Gasteiger partial charge >= 0.3 is 0 Å². The predicted molar refractivity (Wildman–Crippen MR) is 129 cm³/mol. The van der Waals surface area contributed by atoms with E-state index < -0.39 is 6.10 Å². The molecule has 0 spiro atoms. The minimum absolute atomic E-state index is 0.0499. The predicted octanol–water partition coefficient (Wildman–Crippen LogP) is 4.85. The van der Waals surface area contributed by atoms with Crippen LogP contribution in [0.2, 0.25) is 5.02 Å². The van der Waals surface area contributed by atoms with E-state index in [1.54, 1.807) is 12.1 Å². The van der Waals surface area contributed by atoms with Gasteiger partial charge in [0.2, 0.25) is 0 Å². The SMILES string of the molecule is OCc1cc(O)ccc1C(O)CN(Cc1ccccc1)CC1COC(c2ccc(Cl)cc2)C1. The maximum Gasteiger partial charge on any atom is 0.115 e. The van der Waals surface area contributed by atoms with Crippen LogP contribution < -0.4 is 0 Å². The first kappa shape index (κ1) is 23.7. The first-order valence-corrected chi connectivity index (χ1v) is 11.6. The fourth-order valence-corrected chi connectivity index (χ4v) is 4.66. The van der Waals surface area contributed by atoms with E-state index in [9.17, 15) is 15.3 Å². The van der Waals surface area contributed by atoms with Crippen molar-refractivity contribution in [3.63, 3.8) is 0 Å². The van der Waals surface area contributed by atoms with Gasteiger partial charge < -0.3 is 20.1 Å². The fraction of sp³-hybridized carbons (Fsp3) is 0.333.